The van der Waals surface area contributed by atoms with E-state index in [1.54, 1.807) is 0 Å². The van der Waals surface area contributed by atoms with Crippen LogP contribution in [0.25, 0.3) is 0 Å². The van der Waals surface area contributed by atoms with Crippen molar-refractivity contribution in [2.45, 2.75) is 39.0 Å². The second kappa shape index (κ2) is 8.40. The van der Waals surface area contributed by atoms with E-state index in [0.717, 1.165) is 30.8 Å². The normalized spacial score (nSPS) is 20.6. The third kappa shape index (κ3) is 5.76. The number of hydrogen-bond donors (Lipinski definition) is 2. The lowest BCUT2D eigenvalue weighted by molar-refractivity contribution is -0.137. The molecule has 0 aromatic rings. The maximum atomic E-state index is 11.8. The molecule has 0 aromatic carbocycles. The molecule has 1 saturated heterocycles. The lowest BCUT2D eigenvalue weighted by Gasteiger charge is -2.15. The number of nitrogens with one attached hydrogen (secondary N) is 1. The summed E-state index contributed by atoms with van der Waals surface area (Å²) in [7, 11) is 0. The predicted octanol–water partition coefficient (Wildman–Crippen LogP) is 2.14. The summed E-state index contributed by atoms with van der Waals surface area (Å²) in [6, 6.07) is 0. The number of rotatable bonds is 8. The van der Waals surface area contributed by atoms with Crippen LogP contribution >= 0.6 is 11.8 Å². The molecule has 0 aromatic heterocycles. The molecule has 18 heavy (non-hydrogen) atoms. The zero-order valence-corrected chi connectivity index (χ0v) is 11.8. The number of hydrogen-bond acceptors (Lipinski definition) is 3. The van der Waals surface area contributed by atoms with Gasteiger partial charge in [-0.25, -0.2) is 0 Å². The van der Waals surface area contributed by atoms with E-state index >= 15 is 0 Å². The van der Waals surface area contributed by atoms with Crippen molar-refractivity contribution in [3.63, 3.8) is 0 Å². The fourth-order valence-corrected chi connectivity index (χ4v) is 3.39. The fraction of sp³-hybridized carbons (Fsp3) is 0.846. The summed E-state index contributed by atoms with van der Waals surface area (Å²) in [5.74, 6) is 2.07. The third-order valence-electron chi connectivity index (χ3n) is 3.50. The molecular formula is C13H23NO3S. The molecule has 0 spiro atoms. The SMILES string of the molecule is CCC(CCNC(=O)C1CCSC1)CCC(=O)O. The molecule has 0 radical (unpaired) electrons. The Morgan fingerprint density at radius 2 is 2.22 bits per heavy atom. The van der Waals surface area contributed by atoms with E-state index in [2.05, 4.69) is 12.2 Å². The Hall–Kier alpha value is -0.710. The molecule has 1 amide bonds. The molecule has 104 valence electrons. The second-order valence-corrected chi connectivity index (χ2v) is 6.00. The molecule has 0 bridgehead atoms. The Balaban J connectivity index is 2.14. The van der Waals surface area contributed by atoms with E-state index in [4.69, 9.17) is 5.11 Å². The van der Waals surface area contributed by atoms with Gasteiger partial charge in [0.15, 0.2) is 0 Å². The van der Waals surface area contributed by atoms with E-state index in [0.29, 0.717) is 18.9 Å². The van der Waals surface area contributed by atoms with Crippen LogP contribution in [0, 0.1) is 11.8 Å². The monoisotopic (exact) mass is 273 g/mol. The first kappa shape index (κ1) is 15.3. The zero-order chi connectivity index (χ0) is 13.4. The molecule has 2 unspecified atom stereocenters. The quantitative estimate of drug-likeness (QED) is 0.711. The molecule has 5 heteroatoms. The van der Waals surface area contributed by atoms with Crippen molar-refractivity contribution in [2.24, 2.45) is 11.8 Å². The second-order valence-electron chi connectivity index (χ2n) is 4.85. The maximum Gasteiger partial charge on any atom is 0.303 e. The van der Waals surface area contributed by atoms with Gasteiger partial charge in [0.25, 0.3) is 0 Å². The highest BCUT2D eigenvalue weighted by Gasteiger charge is 2.22. The smallest absolute Gasteiger partial charge is 0.303 e. The first-order chi connectivity index (χ1) is 8.63. The van der Waals surface area contributed by atoms with Gasteiger partial charge in [0, 0.05) is 24.6 Å². The average Bonchev–Trinajstić information content (AvgIpc) is 2.86. The van der Waals surface area contributed by atoms with Gasteiger partial charge in [0.05, 0.1) is 0 Å². The molecule has 2 N–H and O–H groups in total. The van der Waals surface area contributed by atoms with Crippen LogP contribution in [0.4, 0.5) is 0 Å². The average molecular weight is 273 g/mol. The van der Waals surface area contributed by atoms with Crippen LogP contribution in [-0.2, 0) is 9.59 Å². The van der Waals surface area contributed by atoms with Crippen molar-refractivity contribution < 1.29 is 14.7 Å². The van der Waals surface area contributed by atoms with E-state index < -0.39 is 5.97 Å². The first-order valence-electron chi connectivity index (χ1n) is 6.70. The number of thioether (sulfide) groups is 1. The topological polar surface area (TPSA) is 66.4 Å². The first-order valence-corrected chi connectivity index (χ1v) is 7.86. The molecule has 1 fully saturated rings. The summed E-state index contributed by atoms with van der Waals surface area (Å²) in [5.41, 5.74) is 0. The van der Waals surface area contributed by atoms with E-state index in [1.165, 1.54) is 0 Å². The third-order valence-corrected chi connectivity index (χ3v) is 4.66. The highest BCUT2D eigenvalue weighted by Crippen LogP contribution is 2.23. The predicted molar refractivity (Wildman–Crippen MR) is 73.7 cm³/mol. The minimum atomic E-state index is -0.736. The Labute approximate surface area is 113 Å². The van der Waals surface area contributed by atoms with Gasteiger partial charge in [-0.05, 0) is 30.9 Å². The number of amides is 1. The van der Waals surface area contributed by atoms with Crippen molar-refractivity contribution in [1.29, 1.82) is 0 Å². The highest BCUT2D eigenvalue weighted by atomic mass is 32.2. The van der Waals surface area contributed by atoms with Crippen LogP contribution in [0.1, 0.15) is 39.0 Å². The standard InChI is InChI=1S/C13H23NO3S/c1-2-10(3-4-12(15)16)5-7-14-13(17)11-6-8-18-9-11/h10-11H,2-9H2,1H3,(H,14,17)(H,15,16). The van der Waals surface area contributed by atoms with Crippen LogP contribution in [0.5, 0.6) is 0 Å². The van der Waals surface area contributed by atoms with Crippen LogP contribution in [0.2, 0.25) is 0 Å². The van der Waals surface area contributed by atoms with Crippen molar-refractivity contribution in [3.8, 4) is 0 Å². The van der Waals surface area contributed by atoms with Crippen molar-refractivity contribution in [2.75, 3.05) is 18.1 Å². The molecule has 1 heterocycles. The summed E-state index contributed by atoms with van der Waals surface area (Å²) in [6.07, 6.45) is 3.79. The Morgan fingerprint density at radius 1 is 1.44 bits per heavy atom. The van der Waals surface area contributed by atoms with E-state index in [1.807, 2.05) is 11.8 Å². The number of aliphatic carboxylic acids is 1. The molecule has 1 rings (SSSR count). The van der Waals surface area contributed by atoms with Gasteiger partial charge >= 0.3 is 5.97 Å². The number of carboxylic acids is 1. The largest absolute Gasteiger partial charge is 0.481 e. The van der Waals surface area contributed by atoms with Gasteiger partial charge in [0.1, 0.15) is 0 Å². The Morgan fingerprint density at radius 3 is 2.78 bits per heavy atom. The highest BCUT2D eigenvalue weighted by molar-refractivity contribution is 7.99. The molecule has 0 saturated carbocycles. The molecule has 1 aliphatic rings. The molecular weight excluding hydrogens is 250 g/mol. The Kier molecular flexibility index (Phi) is 7.16. The maximum absolute atomic E-state index is 11.8. The minimum Gasteiger partial charge on any atom is -0.481 e. The fourth-order valence-electron chi connectivity index (χ4n) is 2.17. The van der Waals surface area contributed by atoms with E-state index in [-0.39, 0.29) is 18.2 Å². The molecule has 1 aliphatic heterocycles. The molecule has 0 aliphatic carbocycles. The van der Waals surface area contributed by atoms with Gasteiger partial charge in [-0.15, -0.1) is 0 Å². The molecule has 2 atom stereocenters. The van der Waals surface area contributed by atoms with Gasteiger partial charge in [0.2, 0.25) is 5.91 Å². The summed E-state index contributed by atoms with van der Waals surface area (Å²) in [5, 5.41) is 11.6. The van der Waals surface area contributed by atoms with Crippen LogP contribution in [0.15, 0.2) is 0 Å². The van der Waals surface area contributed by atoms with E-state index in [9.17, 15) is 9.59 Å². The number of carboxylic acid groups (broad SMARTS) is 1. The lowest BCUT2D eigenvalue weighted by atomic mass is 9.96. The zero-order valence-electron chi connectivity index (χ0n) is 11.0. The van der Waals surface area contributed by atoms with Crippen molar-refractivity contribution in [3.05, 3.63) is 0 Å². The van der Waals surface area contributed by atoms with Crippen LogP contribution in [0.3, 0.4) is 0 Å². The van der Waals surface area contributed by atoms with Gasteiger partial charge in [-0.3, -0.25) is 9.59 Å². The van der Waals surface area contributed by atoms with Crippen molar-refractivity contribution >= 4 is 23.6 Å². The van der Waals surface area contributed by atoms with Crippen molar-refractivity contribution in [1.82, 2.24) is 5.32 Å². The van der Waals surface area contributed by atoms with Gasteiger partial charge in [-0.1, -0.05) is 13.3 Å². The van der Waals surface area contributed by atoms with Crippen LogP contribution < -0.4 is 5.32 Å². The number of carbonyl (C=O) groups is 2. The Bertz CT molecular complexity index is 277. The summed E-state index contributed by atoms with van der Waals surface area (Å²) < 4.78 is 0. The van der Waals surface area contributed by atoms with Gasteiger partial charge < -0.3 is 10.4 Å². The summed E-state index contributed by atoms with van der Waals surface area (Å²) in [6.45, 7) is 2.75. The summed E-state index contributed by atoms with van der Waals surface area (Å²) in [4.78, 5) is 22.3. The number of carbonyl (C=O) groups excluding carboxylic acids is 1. The lowest BCUT2D eigenvalue weighted by Crippen LogP contribution is -2.32. The van der Waals surface area contributed by atoms with Crippen LogP contribution in [-0.4, -0.2) is 35.0 Å². The molecule has 4 nitrogen and oxygen atoms in total. The summed E-state index contributed by atoms with van der Waals surface area (Å²) >= 11 is 1.84. The minimum absolute atomic E-state index is 0.174. The van der Waals surface area contributed by atoms with Gasteiger partial charge in [-0.2, -0.15) is 11.8 Å².